The van der Waals surface area contributed by atoms with Crippen molar-refractivity contribution in [2.24, 2.45) is 0 Å². The highest BCUT2D eigenvalue weighted by Crippen LogP contribution is 2.25. The molecule has 2 rings (SSSR count). The Morgan fingerprint density at radius 2 is 2.00 bits per heavy atom. The van der Waals surface area contributed by atoms with Crippen molar-refractivity contribution >= 4 is 11.5 Å². The summed E-state index contributed by atoms with van der Waals surface area (Å²) in [4.78, 5) is 11.5. The predicted octanol–water partition coefficient (Wildman–Crippen LogP) is 2.48. The summed E-state index contributed by atoms with van der Waals surface area (Å²) in [6.45, 7) is 2.08. The SMILES string of the molecule is CNc1cc2c(cc1C)CC(=O)CCC2. The lowest BCUT2D eigenvalue weighted by Crippen LogP contribution is -2.02. The van der Waals surface area contributed by atoms with Gasteiger partial charge in [-0.1, -0.05) is 6.07 Å². The highest BCUT2D eigenvalue weighted by Gasteiger charge is 2.14. The zero-order chi connectivity index (χ0) is 10.8. The molecule has 80 valence electrons. The maximum Gasteiger partial charge on any atom is 0.137 e. The molecule has 0 bridgehead atoms. The molecule has 15 heavy (non-hydrogen) atoms. The van der Waals surface area contributed by atoms with E-state index in [0.717, 1.165) is 19.3 Å². The summed E-state index contributed by atoms with van der Waals surface area (Å²) in [6.07, 6.45) is 3.40. The lowest BCUT2D eigenvalue weighted by atomic mass is 9.99. The number of anilines is 1. The molecule has 0 atom stereocenters. The van der Waals surface area contributed by atoms with E-state index >= 15 is 0 Å². The lowest BCUT2D eigenvalue weighted by molar-refractivity contribution is -0.118. The van der Waals surface area contributed by atoms with Gasteiger partial charge in [-0.2, -0.15) is 0 Å². The quantitative estimate of drug-likeness (QED) is 0.710. The van der Waals surface area contributed by atoms with E-state index in [1.165, 1.54) is 22.4 Å². The van der Waals surface area contributed by atoms with E-state index in [0.29, 0.717) is 12.2 Å². The molecular weight excluding hydrogens is 186 g/mol. The third-order valence-corrected chi connectivity index (χ3v) is 3.11. The first-order chi connectivity index (χ1) is 7.20. The standard InChI is InChI=1S/C13H17NO/c1-9-6-11-7-12(15)5-3-4-10(11)8-13(9)14-2/h6,8,14H,3-5,7H2,1-2H3. The first kappa shape index (κ1) is 10.2. The molecule has 1 aliphatic rings. The van der Waals surface area contributed by atoms with Crippen molar-refractivity contribution in [3.8, 4) is 0 Å². The van der Waals surface area contributed by atoms with Crippen LogP contribution >= 0.6 is 0 Å². The maximum atomic E-state index is 11.5. The van der Waals surface area contributed by atoms with Gasteiger partial charge in [-0.15, -0.1) is 0 Å². The minimum absolute atomic E-state index is 0.380. The smallest absolute Gasteiger partial charge is 0.137 e. The molecule has 2 nitrogen and oxygen atoms in total. The van der Waals surface area contributed by atoms with Crippen LogP contribution in [0.1, 0.15) is 29.5 Å². The Morgan fingerprint density at radius 1 is 1.20 bits per heavy atom. The Morgan fingerprint density at radius 3 is 2.73 bits per heavy atom. The molecule has 0 unspecified atom stereocenters. The van der Waals surface area contributed by atoms with Crippen LogP contribution in [0.5, 0.6) is 0 Å². The maximum absolute atomic E-state index is 11.5. The number of aryl methyl sites for hydroxylation is 2. The van der Waals surface area contributed by atoms with Crippen molar-refractivity contribution in [2.45, 2.75) is 32.6 Å². The molecule has 0 aliphatic heterocycles. The molecule has 0 heterocycles. The van der Waals surface area contributed by atoms with E-state index in [1.807, 2.05) is 7.05 Å². The van der Waals surface area contributed by atoms with Crippen molar-refractivity contribution in [3.63, 3.8) is 0 Å². The van der Waals surface area contributed by atoms with Crippen molar-refractivity contribution in [1.82, 2.24) is 0 Å². The molecule has 1 N–H and O–H groups in total. The summed E-state index contributed by atoms with van der Waals surface area (Å²) in [6, 6.07) is 4.35. The average Bonchev–Trinajstić information content (AvgIpc) is 2.37. The monoisotopic (exact) mass is 203 g/mol. The van der Waals surface area contributed by atoms with Crippen LogP contribution < -0.4 is 5.32 Å². The zero-order valence-electron chi connectivity index (χ0n) is 9.39. The van der Waals surface area contributed by atoms with Crippen LogP contribution in [0.3, 0.4) is 0 Å². The molecule has 0 radical (unpaired) electrons. The van der Waals surface area contributed by atoms with Crippen molar-refractivity contribution in [2.75, 3.05) is 12.4 Å². The normalized spacial score (nSPS) is 15.7. The van der Waals surface area contributed by atoms with Crippen LogP contribution in [0.15, 0.2) is 12.1 Å². The van der Waals surface area contributed by atoms with Gasteiger partial charge in [0.15, 0.2) is 0 Å². The second-order valence-electron chi connectivity index (χ2n) is 4.25. The molecule has 0 saturated carbocycles. The van der Waals surface area contributed by atoms with Crippen LogP contribution in [0.25, 0.3) is 0 Å². The van der Waals surface area contributed by atoms with Crippen LogP contribution in [0.4, 0.5) is 5.69 Å². The fourth-order valence-electron chi connectivity index (χ4n) is 2.26. The minimum Gasteiger partial charge on any atom is -0.388 e. The van der Waals surface area contributed by atoms with Gasteiger partial charge in [0.05, 0.1) is 0 Å². The summed E-state index contributed by atoms with van der Waals surface area (Å²) in [5.74, 6) is 0.380. The van der Waals surface area contributed by atoms with Gasteiger partial charge >= 0.3 is 0 Å². The summed E-state index contributed by atoms with van der Waals surface area (Å²) in [5.41, 5.74) is 4.99. The molecule has 1 aromatic rings. The molecule has 2 heteroatoms. The summed E-state index contributed by atoms with van der Waals surface area (Å²) in [5, 5.41) is 3.19. The summed E-state index contributed by atoms with van der Waals surface area (Å²) >= 11 is 0. The van der Waals surface area contributed by atoms with Gasteiger partial charge in [0.1, 0.15) is 5.78 Å². The Labute approximate surface area is 90.7 Å². The third-order valence-electron chi connectivity index (χ3n) is 3.11. The Balaban J connectivity index is 2.44. The van der Waals surface area contributed by atoms with E-state index in [1.54, 1.807) is 0 Å². The van der Waals surface area contributed by atoms with E-state index in [9.17, 15) is 4.79 Å². The van der Waals surface area contributed by atoms with Gasteiger partial charge in [-0.05, 0) is 42.5 Å². The first-order valence-electron chi connectivity index (χ1n) is 5.52. The molecule has 1 aromatic carbocycles. The van der Waals surface area contributed by atoms with Gasteiger partial charge in [-0.25, -0.2) is 0 Å². The van der Waals surface area contributed by atoms with Crippen LogP contribution in [-0.4, -0.2) is 12.8 Å². The molecule has 0 saturated heterocycles. The fraction of sp³-hybridized carbons (Fsp3) is 0.462. The lowest BCUT2D eigenvalue weighted by Gasteiger charge is -2.11. The molecule has 0 fully saturated rings. The molecule has 1 aliphatic carbocycles. The topological polar surface area (TPSA) is 29.1 Å². The number of nitrogens with one attached hydrogen (secondary N) is 1. The summed E-state index contributed by atoms with van der Waals surface area (Å²) < 4.78 is 0. The minimum atomic E-state index is 0.380. The van der Waals surface area contributed by atoms with Gasteiger partial charge in [0.2, 0.25) is 0 Å². The first-order valence-corrected chi connectivity index (χ1v) is 5.52. The number of Topliss-reactive ketones (excluding diaryl/α,β-unsaturated/α-hetero) is 1. The van der Waals surface area contributed by atoms with Crippen molar-refractivity contribution in [3.05, 3.63) is 28.8 Å². The van der Waals surface area contributed by atoms with E-state index < -0.39 is 0 Å². The van der Waals surface area contributed by atoms with Crippen LogP contribution in [0, 0.1) is 6.92 Å². The number of benzene rings is 1. The highest BCUT2D eigenvalue weighted by atomic mass is 16.1. The van der Waals surface area contributed by atoms with Crippen molar-refractivity contribution < 1.29 is 4.79 Å². The number of fused-ring (bicyclic) bond motifs is 1. The van der Waals surface area contributed by atoms with Crippen LogP contribution in [-0.2, 0) is 17.6 Å². The van der Waals surface area contributed by atoms with E-state index in [-0.39, 0.29) is 0 Å². The number of carbonyl (C=O) groups is 1. The molecule has 0 spiro atoms. The number of ketones is 1. The third kappa shape index (κ3) is 2.04. The molecule has 0 amide bonds. The highest BCUT2D eigenvalue weighted by molar-refractivity contribution is 5.82. The van der Waals surface area contributed by atoms with Crippen LogP contribution in [0.2, 0.25) is 0 Å². The number of hydrogen-bond donors (Lipinski definition) is 1. The zero-order valence-corrected chi connectivity index (χ0v) is 9.39. The summed E-state index contributed by atoms with van der Waals surface area (Å²) in [7, 11) is 1.94. The molecular formula is C13H17NO. The predicted molar refractivity (Wildman–Crippen MR) is 62.4 cm³/mol. The Hall–Kier alpha value is -1.31. The second-order valence-corrected chi connectivity index (χ2v) is 4.25. The molecule has 0 aromatic heterocycles. The number of hydrogen-bond acceptors (Lipinski definition) is 2. The largest absolute Gasteiger partial charge is 0.388 e. The van der Waals surface area contributed by atoms with Gasteiger partial charge in [-0.3, -0.25) is 4.79 Å². The van der Waals surface area contributed by atoms with Gasteiger partial charge < -0.3 is 5.32 Å². The average molecular weight is 203 g/mol. The Kier molecular flexibility index (Phi) is 2.76. The second kappa shape index (κ2) is 4.05. The van der Waals surface area contributed by atoms with Gasteiger partial charge in [0.25, 0.3) is 0 Å². The van der Waals surface area contributed by atoms with Crippen molar-refractivity contribution in [1.29, 1.82) is 0 Å². The number of carbonyl (C=O) groups excluding carboxylic acids is 1. The fourth-order valence-corrected chi connectivity index (χ4v) is 2.26. The Bertz CT molecular complexity index is 396. The van der Waals surface area contributed by atoms with E-state index in [2.05, 4.69) is 24.4 Å². The van der Waals surface area contributed by atoms with Gasteiger partial charge in [0, 0.05) is 25.6 Å². The van der Waals surface area contributed by atoms with E-state index in [4.69, 9.17) is 0 Å². The number of rotatable bonds is 1.